The van der Waals surface area contributed by atoms with Gasteiger partial charge in [0.05, 0.1) is 5.41 Å². The van der Waals surface area contributed by atoms with Gasteiger partial charge in [-0.15, -0.1) is 0 Å². The van der Waals surface area contributed by atoms with Crippen molar-refractivity contribution in [2.24, 2.45) is 0 Å². The number of carbonyl (C=O) groups is 1. The number of anilines is 1. The molecule has 0 atom stereocenters. The van der Waals surface area contributed by atoms with Crippen molar-refractivity contribution in [2.75, 3.05) is 5.32 Å². The third-order valence-corrected chi connectivity index (χ3v) is 5.18. The SMILES string of the molecule is Cc1ccc(NC(=O)C2(c3c[nH]c4cc(F)ccc34)CC2)cc1Cl. The van der Waals surface area contributed by atoms with Crippen molar-refractivity contribution in [3.63, 3.8) is 0 Å². The molecule has 3 nitrogen and oxygen atoms in total. The monoisotopic (exact) mass is 342 g/mol. The fraction of sp³-hybridized carbons (Fsp3) is 0.211. The van der Waals surface area contributed by atoms with Gasteiger partial charge in [-0.2, -0.15) is 0 Å². The second-order valence-electron chi connectivity index (χ2n) is 6.39. The molecule has 122 valence electrons. The van der Waals surface area contributed by atoms with E-state index >= 15 is 0 Å². The van der Waals surface area contributed by atoms with Crippen LogP contribution in [0.3, 0.4) is 0 Å². The van der Waals surface area contributed by atoms with Crippen LogP contribution < -0.4 is 5.32 Å². The van der Waals surface area contributed by atoms with Crippen LogP contribution >= 0.6 is 11.6 Å². The van der Waals surface area contributed by atoms with E-state index in [9.17, 15) is 9.18 Å². The zero-order valence-corrected chi connectivity index (χ0v) is 13.9. The largest absolute Gasteiger partial charge is 0.361 e. The van der Waals surface area contributed by atoms with Crippen molar-refractivity contribution in [3.8, 4) is 0 Å². The van der Waals surface area contributed by atoms with Gasteiger partial charge in [0.2, 0.25) is 5.91 Å². The number of benzene rings is 2. The molecule has 1 heterocycles. The van der Waals surface area contributed by atoms with E-state index in [1.165, 1.54) is 12.1 Å². The number of rotatable bonds is 3. The van der Waals surface area contributed by atoms with Gasteiger partial charge in [0.25, 0.3) is 0 Å². The summed E-state index contributed by atoms with van der Waals surface area (Å²) in [4.78, 5) is 15.9. The minimum atomic E-state index is -0.548. The zero-order valence-electron chi connectivity index (χ0n) is 13.1. The summed E-state index contributed by atoms with van der Waals surface area (Å²) < 4.78 is 13.4. The number of aromatic nitrogens is 1. The lowest BCUT2D eigenvalue weighted by Gasteiger charge is -2.15. The number of amides is 1. The maximum atomic E-state index is 13.4. The molecule has 4 rings (SSSR count). The van der Waals surface area contributed by atoms with Crippen LogP contribution in [0.1, 0.15) is 24.0 Å². The third kappa shape index (κ3) is 2.38. The second-order valence-corrected chi connectivity index (χ2v) is 6.80. The number of hydrogen-bond acceptors (Lipinski definition) is 1. The Morgan fingerprint density at radius 3 is 2.75 bits per heavy atom. The van der Waals surface area contributed by atoms with Crippen molar-refractivity contribution in [1.82, 2.24) is 4.98 Å². The Morgan fingerprint density at radius 2 is 2.04 bits per heavy atom. The number of fused-ring (bicyclic) bond motifs is 1. The Hall–Kier alpha value is -2.33. The molecular formula is C19H16ClFN2O. The zero-order chi connectivity index (χ0) is 16.9. The average Bonchev–Trinajstić information content (AvgIpc) is 3.25. The summed E-state index contributed by atoms with van der Waals surface area (Å²) in [7, 11) is 0. The summed E-state index contributed by atoms with van der Waals surface area (Å²) in [6, 6.07) is 10.1. The molecule has 5 heteroatoms. The van der Waals surface area contributed by atoms with E-state index in [4.69, 9.17) is 11.6 Å². The van der Waals surface area contributed by atoms with Crippen LogP contribution in [-0.4, -0.2) is 10.9 Å². The molecule has 1 aromatic heterocycles. The van der Waals surface area contributed by atoms with E-state index in [-0.39, 0.29) is 11.7 Å². The molecule has 3 aromatic rings. The molecule has 24 heavy (non-hydrogen) atoms. The van der Waals surface area contributed by atoms with Crippen molar-refractivity contribution >= 4 is 34.1 Å². The van der Waals surface area contributed by atoms with Crippen LogP contribution in [0.2, 0.25) is 5.02 Å². The Bertz CT molecular complexity index is 959. The first-order valence-corrected chi connectivity index (χ1v) is 8.22. The first kappa shape index (κ1) is 15.2. The fourth-order valence-corrected chi connectivity index (χ4v) is 3.34. The lowest BCUT2D eigenvalue weighted by atomic mass is 9.94. The van der Waals surface area contributed by atoms with Crippen LogP contribution in [0.4, 0.5) is 10.1 Å². The number of aryl methyl sites for hydroxylation is 1. The molecule has 0 unspecified atom stereocenters. The fourth-order valence-electron chi connectivity index (χ4n) is 3.16. The summed E-state index contributed by atoms with van der Waals surface area (Å²) >= 11 is 6.13. The van der Waals surface area contributed by atoms with E-state index in [0.717, 1.165) is 29.4 Å². The molecule has 1 fully saturated rings. The highest BCUT2D eigenvalue weighted by atomic mass is 35.5. The minimum absolute atomic E-state index is 0.0485. The Kier molecular flexibility index (Phi) is 3.39. The smallest absolute Gasteiger partial charge is 0.235 e. The highest BCUT2D eigenvalue weighted by Gasteiger charge is 2.52. The number of aromatic amines is 1. The molecule has 0 bridgehead atoms. The topological polar surface area (TPSA) is 44.9 Å². The molecular weight excluding hydrogens is 327 g/mol. The molecule has 2 N–H and O–H groups in total. The van der Waals surface area contributed by atoms with Crippen LogP contribution in [-0.2, 0) is 10.2 Å². The molecule has 0 saturated heterocycles. The van der Waals surface area contributed by atoms with Crippen molar-refractivity contribution in [3.05, 3.63) is 64.6 Å². The third-order valence-electron chi connectivity index (χ3n) is 4.77. The Morgan fingerprint density at radius 1 is 1.25 bits per heavy atom. The van der Waals surface area contributed by atoms with Crippen LogP contribution in [0.15, 0.2) is 42.6 Å². The normalized spacial score (nSPS) is 15.5. The summed E-state index contributed by atoms with van der Waals surface area (Å²) in [6.07, 6.45) is 3.38. The standard InChI is InChI=1S/C19H16ClFN2O/c1-11-2-4-13(9-16(11)20)23-18(24)19(6-7-19)15-10-22-17-8-12(21)3-5-14(15)17/h2-5,8-10,22H,6-7H2,1H3,(H,23,24). The van der Waals surface area contributed by atoms with Gasteiger partial charge in [0.1, 0.15) is 5.82 Å². The number of H-pyrrole nitrogens is 1. The first-order valence-electron chi connectivity index (χ1n) is 7.84. The van der Waals surface area contributed by atoms with Gasteiger partial charge in [-0.3, -0.25) is 4.79 Å². The quantitative estimate of drug-likeness (QED) is 0.695. The predicted molar refractivity (Wildman–Crippen MR) is 94.0 cm³/mol. The van der Waals surface area contributed by atoms with Gasteiger partial charge in [0, 0.05) is 27.8 Å². The summed E-state index contributed by atoms with van der Waals surface area (Å²) in [5.41, 5.74) is 2.74. The molecule has 0 spiro atoms. The van der Waals surface area contributed by atoms with Gasteiger partial charge in [-0.1, -0.05) is 17.7 Å². The lowest BCUT2D eigenvalue weighted by molar-refractivity contribution is -0.118. The molecule has 0 radical (unpaired) electrons. The van der Waals surface area contributed by atoms with E-state index < -0.39 is 5.41 Å². The van der Waals surface area contributed by atoms with Crippen LogP contribution in [0, 0.1) is 12.7 Å². The van der Waals surface area contributed by atoms with E-state index in [2.05, 4.69) is 10.3 Å². The molecule has 2 aromatic carbocycles. The number of carbonyl (C=O) groups excluding carboxylic acids is 1. The van der Waals surface area contributed by atoms with E-state index in [1.54, 1.807) is 12.1 Å². The molecule has 1 saturated carbocycles. The van der Waals surface area contributed by atoms with E-state index in [0.29, 0.717) is 16.2 Å². The number of halogens is 2. The average molecular weight is 343 g/mol. The van der Waals surface area contributed by atoms with Crippen molar-refractivity contribution in [1.29, 1.82) is 0 Å². The Labute approximate surface area is 143 Å². The number of hydrogen-bond donors (Lipinski definition) is 2. The summed E-state index contributed by atoms with van der Waals surface area (Å²) in [5.74, 6) is -0.341. The maximum Gasteiger partial charge on any atom is 0.235 e. The van der Waals surface area contributed by atoms with Gasteiger partial charge in [-0.25, -0.2) is 4.39 Å². The predicted octanol–water partition coefficient (Wildman–Crippen LogP) is 4.94. The van der Waals surface area contributed by atoms with Crippen LogP contribution in [0.5, 0.6) is 0 Å². The van der Waals surface area contributed by atoms with Gasteiger partial charge >= 0.3 is 0 Å². The summed E-state index contributed by atoms with van der Waals surface area (Å²) in [6.45, 7) is 1.92. The molecule has 1 aliphatic rings. The van der Waals surface area contributed by atoms with Crippen molar-refractivity contribution < 1.29 is 9.18 Å². The van der Waals surface area contributed by atoms with Crippen molar-refractivity contribution in [2.45, 2.75) is 25.2 Å². The minimum Gasteiger partial charge on any atom is -0.361 e. The molecule has 1 amide bonds. The molecule has 1 aliphatic carbocycles. The maximum absolute atomic E-state index is 13.4. The Balaban J connectivity index is 1.66. The first-order chi connectivity index (χ1) is 11.5. The second kappa shape index (κ2) is 5.35. The highest BCUT2D eigenvalue weighted by Crippen LogP contribution is 2.51. The highest BCUT2D eigenvalue weighted by molar-refractivity contribution is 6.31. The number of nitrogens with one attached hydrogen (secondary N) is 2. The van der Waals surface area contributed by atoms with Crippen LogP contribution in [0.25, 0.3) is 10.9 Å². The summed E-state index contributed by atoms with van der Waals surface area (Å²) in [5, 5.41) is 4.49. The van der Waals surface area contributed by atoms with Gasteiger partial charge < -0.3 is 10.3 Å². The van der Waals surface area contributed by atoms with Gasteiger partial charge in [-0.05, 0) is 61.2 Å². The van der Waals surface area contributed by atoms with Gasteiger partial charge in [0.15, 0.2) is 0 Å². The lowest BCUT2D eigenvalue weighted by Crippen LogP contribution is -2.27. The van der Waals surface area contributed by atoms with E-state index in [1.807, 2.05) is 25.3 Å². The molecule has 0 aliphatic heterocycles.